The van der Waals surface area contributed by atoms with Crippen molar-refractivity contribution in [1.82, 2.24) is 0 Å². The van der Waals surface area contributed by atoms with E-state index in [1.54, 1.807) is 0 Å². The lowest BCUT2D eigenvalue weighted by Gasteiger charge is -2.21. The summed E-state index contributed by atoms with van der Waals surface area (Å²) in [5.41, 5.74) is 3.68. The molecule has 2 aliphatic rings. The molecule has 0 fully saturated rings. The van der Waals surface area contributed by atoms with Crippen LogP contribution < -0.4 is 15.5 Å². The van der Waals surface area contributed by atoms with Gasteiger partial charge in [0.25, 0.3) is 5.91 Å². The maximum Gasteiger partial charge on any atom is 0.251 e. The van der Waals surface area contributed by atoms with Crippen LogP contribution in [-0.4, -0.2) is 25.9 Å². The second-order valence-corrected chi connectivity index (χ2v) is 7.09. The van der Waals surface area contributed by atoms with Gasteiger partial charge in [-0.3, -0.25) is 9.59 Å². The summed E-state index contributed by atoms with van der Waals surface area (Å²) in [6.45, 7) is 0. The number of para-hydroxylation sites is 1. The van der Waals surface area contributed by atoms with Crippen LogP contribution in [0, 0.1) is 0 Å². The highest BCUT2D eigenvalue weighted by atomic mass is 16.2. The Kier molecular flexibility index (Phi) is 3.80. The molecule has 1 heterocycles. The zero-order chi connectivity index (χ0) is 18.3. The zero-order valence-corrected chi connectivity index (χ0v) is 14.9. The Morgan fingerprint density at radius 1 is 1.12 bits per heavy atom. The molecule has 5 heteroatoms. The van der Waals surface area contributed by atoms with Gasteiger partial charge in [0.15, 0.2) is 0 Å². The van der Waals surface area contributed by atoms with Gasteiger partial charge in [-0.25, -0.2) is 0 Å². The van der Waals surface area contributed by atoms with E-state index in [0.29, 0.717) is 18.4 Å². The average molecular weight is 347 g/mol. The van der Waals surface area contributed by atoms with E-state index in [9.17, 15) is 9.59 Å². The van der Waals surface area contributed by atoms with E-state index in [1.807, 2.05) is 73.6 Å². The van der Waals surface area contributed by atoms with E-state index in [2.05, 4.69) is 10.6 Å². The maximum atomic E-state index is 12.7. The number of rotatable bonds is 3. The number of fused-ring (bicyclic) bond motifs is 2. The fourth-order valence-electron chi connectivity index (χ4n) is 3.75. The fourth-order valence-corrected chi connectivity index (χ4v) is 3.75. The van der Waals surface area contributed by atoms with E-state index in [4.69, 9.17) is 0 Å². The van der Waals surface area contributed by atoms with Gasteiger partial charge in [-0.2, -0.15) is 0 Å². The maximum absolute atomic E-state index is 12.7. The van der Waals surface area contributed by atoms with Crippen LogP contribution in [0.4, 0.5) is 17.1 Å². The minimum absolute atomic E-state index is 0.0203. The van der Waals surface area contributed by atoms with Crippen LogP contribution in [0.1, 0.15) is 18.4 Å². The molecule has 0 aromatic heterocycles. The smallest absolute Gasteiger partial charge is 0.251 e. The molecule has 132 valence electrons. The Hall–Kier alpha value is -3.08. The molecule has 1 aliphatic heterocycles. The van der Waals surface area contributed by atoms with Gasteiger partial charge in [-0.15, -0.1) is 0 Å². The summed E-state index contributed by atoms with van der Waals surface area (Å²) >= 11 is 0. The lowest BCUT2D eigenvalue weighted by Crippen LogP contribution is -2.32. The van der Waals surface area contributed by atoms with E-state index < -0.39 is 5.41 Å². The van der Waals surface area contributed by atoms with Gasteiger partial charge in [-0.1, -0.05) is 24.3 Å². The molecule has 26 heavy (non-hydrogen) atoms. The molecule has 1 atom stereocenters. The van der Waals surface area contributed by atoms with Crippen molar-refractivity contribution in [3.8, 4) is 0 Å². The summed E-state index contributed by atoms with van der Waals surface area (Å²) in [6.07, 6.45) is 2.88. The minimum Gasteiger partial charge on any atom is -0.378 e. The zero-order valence-electron chi connectivity index (χ0n) is 14.9. The van der Waals surface area contributed by atoms with Gasteiger partial charge in [-0.05, 0) is 48.7 Å². The van der Waals surface area contributed by atoms with Gasteiger partial charge in [0.05, 0.1) is 5.41 Å². The average Bonchev–Trinajstić information content (AvgIpc) is 3.19. The van der Waals surface area contributed by atoms with E-state index in [1.165, 1.54) is 0 Å². The summed E-state index contributed by atoms with van der Waals surface area (Å²) in [5, 5.41) is 5.89. The number of carbonyl (C=O) groups is 2. The highest BCUT2D eigenvalue weighted by Gasteiger charge is 2.49. The molecule has 2 N–H and O–H groups in total. The van der Waals surface area contributed by atoms with Crippen molar-refractivity contribution in [3.05, 3.63) is 65.7 Å². The molecule has 1 unspecified atom stereocenters. The Labute approximate surface area is 152 Å². The first kappa shape index (κ1) is 16.4. The summed E-state index contributed by atoms with van der Waals surface area (Å²) in [7, 11) is 3.95. The van der Waals surface area contributed by atoms with Crippen LogP contribution in [0.5, 0.6) is 0 Å². The van der Waals surface area contributed by atoms with E-state index in [-0.39, 0.29) is 11.8 Å². The second-order valence-electron chi connectivity index (χ2n) is 7.09. The molecule has 2 aromatic carbocycles. The number of anilines is 3. The third-order valence-corrected chi connectivity index (χ3v) is 5.25. The van der Waals surface area contributed by atoms with Crippen molar-refractivity contribution in [2.75, 3.05) is 29.6 Å². The van der Waals surface area contributed by atoms with Gasteiger partial charge in [0, 0.05) is 36.7 Å². The number of nitrogens with one attached hydrogen (secondary N) is 2. The minimum atomic E-state index is -0.641. The molecule has 0 radical (unpaired) electrons. The summed E-state index contributed by atoms with van der Waals surface area (Å²) in [6, 6.07) is 15.4. The first-order valence-electron chi connectivity index (χ1n) is 8.68. The van der Waals surface area contributed by atoms with Crippen LogP contribution in [0.3, 0.4) is 0 Å². The lowest BCUT2D eigenvalue weighted by molar-refractivity contribution is -0.120. The second kappa shape index (κ2) is 6.02. The van der Waals surface area contributed by atoms with Gasteiger partial charge in [0.2, 0.25) is 5.91 Å². The molecule has 2 amide bonds. The van der Waals surface area contributed by atoms with Crippen molar-refractivity contribution >= 4 is 28.9 Å². The van der Waals surface area contributed by atoms with Gasteiger partial charge < -0.3 is 15.5 Å². The quantitative estimate of drug-likeness (QED) is 0.895. The number of allylic oxidation sites excluding steroid dienone is 1. The van der Waals surface area contributed by atoms with Crippen molar-refractivity contribution in [1.29, 1.82) is 0 Å². The molecule has 0 saturated heterocycles. The monoisotopic (exact) mass is 347 g/mol. The van der Waals surface area contributed by atoms with Crippen LogP contribution in [0.25, 0.3) is 0 Å². The largest absolute Gasteiger partial charge is 0.378 e. The summed E-state index contributed by atoms with van der Waals surface area (Å²) in [4.78, 5) is 27.3. The first-order chi connectivity index (χ1) is 12.5. The molecular formula is C21H21N3O2. The predicted molar refractivity (Wildman–Crippen MR) is 103 cm³/mol. The molecule has 2 aromatic rings. The van der Waals surface area contributed by atoms with Gasteiger partial charge in [0.1, 0.15) is 0 Å². The van der Waals surface area contributed by atoms with E-state index in [0.717, 1.165) is 22.6 Å². The first-order valence-corrected chi connectivity index (χ1v) is 8.68. The highest BCUT2D eigenvalue weighted by Crippen LogP contribution is 2.48. The molecule has 1 aliphatic carbocycles. The van der Waals surface area contributed by atoms with Crippen LogP contribution in [-0.2, 0) is 15.0 Å². The number of hydrogen-bond acceptors (Lipinski definition) is 3. The number of nitrogens with zero attached hydrogens (tertiary/aromatic N) is 1. The Morgan fingerprint density at radius 3 is 2.58 bits per heavy atom. The lowest BCUT2D eigenvalue weighted by atomic mass is 9.78. The fraction of sp³-hybridized carbons (Fsp3) is 0.238. The van der Waals surface area contributed by atoms with Crippen molar-refractivity contribution < 1.29 is 9.59 Å². The standard InChI is InChI=1S/C21H21N3O2/c1-24(2)16-9-7-15(8-10-16)22-19(25)14-11-12-21(13-14)17-5-3-4-6-18(17)23-20(21)26/h3-11H,12-13H2,1-2H3,(H,22,25)(H,23,26). The number of benzene rings is 2. The number of amides is 2. The summed E-state index contributed by atoms with van der Waals surface area (Å²) in [5.74, 6) is -0.162. The van der Waals surface area contributed by atoms with Crippen LogP contribution in [0.2, 0.25) is 0 Å². The molecule has 1 spiro atoms. The molecule has 0 bridgehead atoms. The number of hydrogen-bond donors (Lipinski definition) is 2. The van der Waals surface area contributed by atoms with Crippen molar-refractivity contribution in [2.24, 2.45) is 0 Å². The third kappa shape index (κ3) is 2.56. The molecule has 4 rings (SSSR count). The van der Waals surface area contributed by atoms with E-state index >= 15 is 0 Å². The highest BCUT2D eigenvalue weighted by molar-refractivity contribution is 6.10. The Morgan fingerprint density at radius 2 is 1.85 bits per heavy atom. The van der Waals surface area contributed by atoms with Crippen LogP contribution in [0.15, 0.2) is 60.2 Å². The molecular weight excluding hydrogens is 326 g/mol. The topological polar surface area (TPSA) is 61.4 Å². The summed E-state index contributed by atoms with van der Waals surface area (Å²) < 4.78 is 0. The van der Waals surface area contributed by atoms with Crippen molar-refractivity contribution in [2.45, 2.75) is 18.3 Å². The Bertz CT molecular complexity index is 915. The van der Waals surface area contributed by atoms with Gasteiger partial charge >= 0.3 is 0 Å². The number of carbonyl (C=O) groups excluding carboxylic acids is 2. The molecule has 5 nitrogen and oxygen atoms in total. The normalized spacial score (nSPS) is 20.5. The Balaban J connectivity index is 1.50. The molecule has 0 saturated carbocycles. The van der Waals surface area contributed by atoms with Crippen LogP contribution >= 0.6 is 0 Å². The predicted octanol–water partition coefficient (Wildman–Crippen LogP) is 3.30. The van der Waals surface area contributed by atoms with Crippen molar-refractivity contribution in [3.63, 3.8) is 0 Å². The third-order valence-electron chi connectivity index (χ3n) is 5.25. The SMILES string of the molecule is CN(C)c1ccc(NC(=O)C2=CCC3(C2)C(=O)Nc2ccccc23)cc1.